The Kier molecular flexibility index (Phi) is 8.69. The van der Waals surface area contributed by atoms with E-state index < -0.39 is 5.60 Å². The molecule has 3 heterocycles. The van der Waals surface area contributed by atoms with E-state index >= 15 is 0 Å². The van der Waals surface area contributed by atoms with E-state index in [0.29, 0.717) is 36.0 Å². The van der Waals surface area contributed by atoms with Crippen LogP contribution in [0, 0.1) is 11.8 Å². The maximum Gasteiger partial charge on any atom is 0.253 e. The molecule has 0 spiro atoms. The van der Waals surface area contributed by atoms with E-state index in [0.717, 1.165) is 89.2 Å². The lowest BCUT2D eigenvalue weighted by molar-refractivity contribution is 0.0610. The number of nitrogens with one attached hydrogen (secondary N) is 1. The Balaban J connectivity index is 1.23. The number of fused-ring (bicyclic) bond motifs is 1. The highest BCUT2D eigenvalue weighted by Gasteiger charge is 2.27. The van der Waals surface area contributed by atoms with E-state index in [2.05, 4.69) is 52.4 Å². The van der Waals surface area contributed by atoms with Crippen molar-refractivity contribution in [2.45, 2.75) is 101 Å². The van der Waals surface area contributed by atoms with Gasteiger partial charge in [-0.05, 0) is 69.9 Å². The maximum absolute atomic E-state index is 13.6. The van der Waals surface area contributed by atoms with Crippen molar-refractivity contribution in [3.8, 4) is 11.8 Å². The fraction of sp³-hybridized carbons (Fsp3) is 0.559. The zero-order valence-electron chi connectivity index (χ0n) is 24.2. The lowest BCUT2D eigenvalue weighted by Crippen LogP contribution is -2.43. The van der Waals surface area contributed by atoms with Crippen LogP contribution in [0.15, 0.2) is 47.4 Å². The van der Waals surface area contributed by atoms with Crippen LogP contribution in [0.25, 0.3) is 11.0 Å². The van der Waals surface area contributed by atoms with Crippen LogP contribution in [-0.2, 0) is 6.42 Å². The zero-order valence-corrected chi connectivity index (χ0v) is 24.2. The number of aromatic nitrogens is 3. The Morgan fingerprint density at radius 1 is 0.976 bits per heavy atom. The second kappa shape index (κ2) is 12.8. The van der Waals surface area contributed by atoms with Crippen molar-refractivity contribution in [1.82, 2.24) is 19.9 Å². The molecule has 1 aliphatic heterocycles. The van der Waals surface area contributed by atoms with Crippen LogP contribution in [0.3, 0.4) is 0 Å². The van der Waals surface area contributed by atoms with Crippen LogP contribution >= 0.6 is 0 Å². The fourth-order valence-electron chi connectivity index (χ4n) is 6.85. The first kappa shape index (κ1) is 27.9. The summed E-state index contributed by atoms with van der Waals surface area (Å²) in [4.78, 5) is 25.7. The lowest BCUT2D eigenvalue weighted by Gasteiger charge is -2.33. The molecule has 0 radical (unpaired) electrons. The average Bonchev–Trinajstić information content (AvgIpc) is 3.01. The smallest absolute Gasteiger partial charge is 0.253 e. The summed E-state index contributed by atoms with van der Waals surface area (Å²) in [6.07, 6.45) is 15.0. The van der Waals surface area contributed by atoms with Gasteiger partial charge in [0.05, 0.1) is 5.39 Å². The number of aliphatic hydroxyl groups is 1. The van der Waals surface area contributed by atoms with Crippen LogP contribution < -0.4 is 15.8 Å². The van der Waals surface area contributed by atoms with Crippen LogP contribution in [0.1, 0.15) is 94.2 Å². The molecule has 3 fully saturated rings. The van der Waals surface area contributed by atoms with Crippen molar-refractivity contribution >= 4 is 17.0 Å². The second-order valence-corrected chi connectivity index (χ2v) is 12.3. The number of anilines is 1. The first-order chi connectivity index (χ1) is 20.1. The van der Waals surface area contributed by atoms with Crippen molar-refractivity contribution < 1.29 is 5.11 Å². The molecule has 0 amide bonds. The first-order valence-electron chi connectivity index (χ1n) is 15.8. The number of rotatable bonds is 6. The number of hydrogen-bond donors (Lipinski definition) is 2. The van der Waals surface area contributed by atoms with Gasteiger partial charge in [0, 0.05) is 43.0 Å². The summed E-state index contributed by atoms with van der Waals surface area (Å²) in [6, 6.07) is 12.9. The van der Waals surface area contributed by atoms with Crippen molar-refractivity contribution in [2.75, 3.05) is 24.5 Å². The SMILES string of the molecule is O=c1cc(C#CC2(O)CCCCC2)c2cnc(N3CCC(NCCc4ccccc4)CC3)nc2n1C1CCCCC1. The minimum absolute atomic E-state index is 0.0460. The van der Waals surface area contributed by atoms with Crippen LogP contribution in [-0.4, -0.2) is 50.9 Å². The van der Waals surface area contributed by atoms with Crippen LogP contribution in [0.2, 0.25) is 0 Å². The van der Waals surface area contributed by atoms with Crippen LogP contribution in [0.4, 0.5) is 5.95 Å². The third kappa shape index (κ3) is 6.66. The Bertz CT molecular complexity index is 1440. The third-order valence-electron chi connectivity index (χ3n) is 9.30. The van der Waals surface area contributed by atoms with E-state index in [-0.39, 0.29) is 11.6 Å². The van der Waals surface area contributed by atoms with E-state index in [4.69, 9.17) is 9.97 Å². The predicted molar refractivity (Wildman–Crippen MR) is 164 cm³/mol. The van der Waals surface area contributed by atoms with E-state index in [1.807, 2.05) is 10.8 Å². The van der Waals surface area contributed by atoms with Crippen molar-refractivity contribution in [3.05, 3.63) is 64.1 Å². The molecule has 6 rings (SSSR count). The molecule has 1 saturated heterocycles. The van der Waals surface area contributed by atoms with Crippen LogP contribution in [0.5, 0.6) is 0 Å². The minimum atomic E-state index is -0.969. The summed E-state index contributed by atoms with van der Waals surface area (Å²) >= 11 is 0. The molecule has 2 saturated carbocycles. The quantitative estimate of drug-likeness (QED) is 0.411. The predicted octanol–water partition coefficient (Wildman–Crippen LogP) is 5.14. The lowest BCUT2D eigenvalue weighted by atomic mass is 9.85. The van der Waals surface area contributed by atoms with E-state index in [1.54, 1.807) is 6.07 Å². The highest BCUT2D eigenvalue weighted by atomic mass is 16.3. The highest BCUT2D eigenvalue weighted by molar-refractivity contribution is 5.82. The summed E-state index contributed by atoms with van der Waals surface area (Å²) in [5, 5.41) is 15.5. The van der Waals surface area contributed by atoms with Gasteiger partial charge in [0.25, 0.3) is 5.56 Å². The molecule has 3 aliphatic rings. The molecule has 216 valence electrons. The number of nitrogens with zero attached hydrogens (tertiary/aromatic N) is 4. The Morgan fingerprint density at radius 2 is 1.71 bits per heavy atom. The average molecular weight is 554 g/mol. The summed E-state index contributed by atoms with van der Waals surface area (Å²) in [6.45, 7) is 2.75. The normalized spacial score (nSPS) is 20.1. The van der Waals surface area contributed by atoms with Crippen molar-refractivity contribution in [1.29, 1.82) is 0 Å². The molecule has 2 aromatic heterocycles. The summed E-state index contributed by atoms with van der Waals surface area (Å²) < 4.78 is 1.91. The summed E-state index contributed by atoms with van der Waals surface area (Å²) in [5.41, 5.74) is 1.67. The van der Waals surface area contributed by atoms with Crippen molar-refractivity contribution in [2.24, 2.45) is 0 Å². The first-order valence-corrected chi connectivity index (χ1v) is 15.8. The summed E-state index contributed by atoms with van der Waals surface area (Å²) in [5.74, 6) is 7.01. The standard InChI is InChI=1S/C34H43N5O2/c40-31-24-27(14-20-34(41)18-8-3-9-19-34)30-25-36-33(37-32(30)39(31)29-12-6-2-7-13-29)38-22-16-28(17-23-38)35-21-15-26-10-4-1-5-11-26/h1,4-5,10-11,24-25,28-29,35,41H,2-3,6-9,12-13,15-19,21-23H2. The molecule has 2 aliphatic carbocycles. The molecule has 41 heavy (non-hydrogen) atoms. The molecule has 0 unspecified atom stereocenters. The second-order valence-electron chi connectivity index (χ2n) is 12.3. The van der Waals surface area contributed by atoms with Gasteiger partial charge in [-0.3, -0.25) is 9.36 Å². The Morgan fingerprint density at radius 3 is 2.46 bits per heavy atom. The van der Waals surface area contributed by atoms with Gasteiger partial charge in [0.2, 0.25) is 5.95 Å². The maximum atomic E-state index is 13.6. The number of benzene rings is 1. The van der Waals surface area contributed by atoms with Gasteiger partial charge >= 0.3 is 0 Å². The zero-order chi connectivity index (χ0) is 28.1. The van der Waals surface area contributed by atoms with Gasteiger partial charge in [-0.1, -0.05) is 67.9 Å². The Labute approximate surface area is 243 Å². The van der Waals surface area contributed by atoms with Gasteiger partial charge in [0.15, 0.2) is 0 Å². The Hall–Kier alpha value is -3.21. The van der Waals surface area contributed by atoms with E-state index in [9.17, 15) is 9.90 Å². The highest BCUT2D eigenvalue weighted by Crippen LogP contribution is 2.31. The molecular formula is C34H43N5O2. The van der Waals surface area contributed by atoms with Gasteiger partial charge < -0.3 is 15.3 Å². The van der Waals surface area contributed by atoms with Gasteiger partial charge in [-0.25, -0.2) is 4.98 Å². The number of pyridine rings is 1. The molecule has 0 bridgehead atoms. The van der Waals surface area contributed by atoms with Gasteiger partial charge in [-0.15, -0.1) is 0 Å². The summed E-state index contributed by atoms with van der Waals surface area (Å²) in [7, 11) is 0. The fourth-order valence-corrected chi connectivity index (χ4v) is 6.85. The largest absolute Gasteiger partial charge is 0.378 e. The molecule has 7 nitrogen and oxygen atoms in total. The molecular weight excluding hydrogens is 510 g/mol. The number of piperidine rings is 1. The van der Waals surface area contributed by atoms with Gasteiger partial charge in [0.1, 0.15) is 11.2 Å². The minimum Gasteiger partial charge on any atom is -0.378 e. The molecule has 7 heteroatoms. The van der Waals surface area contributed by atoms with Gasteiger partial charge in [-0.2, -0.15) is 4.98 Å². The van der Waals surface area contributed by atoms with Crippen molar-refractivity contribution in [3.63, 3.8) is 0 Å². The molecule has 2 N–H and O–H groups in total. The third-order valence-corrected chi connectivity index (χ3v) is 9.30. The monoisotopic (exact) mass is 553 g/mol. The topological polar surface area (TPSA) is 83.3 Å². The van der Waals surface area contributed by atoms with E-state index in [1.165, 1.54) is 12.0 Å². The number of hydrogen-bond acceptors (Lipinski definition) is 6. The molecule has 1 aromatic carbocycles. The molecule has 3 aromatic rings. The molecule has 0 atom stereocenters.